The van der Waals surface area contributed by atoms with Gasteiger partial charge in [-0.25, -0.2) is 0 Å². The van der Waals surface area contributed by atoms with E-state index in [1.54, 1.807) is 0 Å². The fourth-order valence-electron chi connectivity index (χ4n) is 2.80. The smallest absolute Gasteiger partial charge is 0.220 e. The summed E-state index contributed by atoms with van der Waals surface area (Å²) in [6.07, 6.45) is 4.63. The van der Waals surface area contributed by atoms with Crippen LogP contribution in [0.1, 0.15) is 24.8 Å². The molecule has 4 heteroatoms. The first-order chi connectivity index (χ1) is 10.3. The lowest BCUT2D eigenvalue weighted by Crippen LogP contribution is -2.23. The molecule has 21 heavy (non-hydrogen) atoms. The molecule has 1 aliphatic heterocycles. The van der Waals surface area contributed by atoms with Gasteiger partial charge in [-0.15, -0.1) is 0 Å². The zero-order chi connectivity index (χ0) is 14.5. The summed E-state index contributed by atoms with van der Waals surface area (Å²) in [7, 11) is 0. The van der Waals surface area contributed by atoms with Gasteiger partial charge in [0.25, 0.3) is 0 Å². The number of pyridine rings is 1. The van der Waals surface area contributed by atoms with Crippen LogP contribution in [0.15, 0.2) is 36.5 Å². The number of hydrogen-bond donors (Lipinski definition) is 2. The fraction of sp³-hybridized carbons (Fsp3) is 0.412. The fourth-order valence-corrected chi connectivity index (χ4v) is 2.80. The Morgan fingerprint density at radius 3 is 3.14 bits per heavy atom. The molecule has 4 nitrogen and oxygen atoms in total. The second-order valence-electron chi connectivity index (χ2n) is 5.71. The highest BCUT2D eigenvalue weighted by Gasteiger charge is 2.15. The summed E-state index contributed by atoms with van der Waals surface area (Å²) >= 11 is 0. The van der Waals surface area contributed by atoms with Crippen molar-refractivity contribution in [3.8, 4) is 0 Å². The van der Waals surface area contributed by atoms with Crippen LogP contribution in [0.4, 0.5) is 0 Å². The van der Waals surface area contributed by atoms with Crippen molar-refractivity contribution in [3.05, 3.63) is 42.1 Å². The Balaban J connectivity index is 1.49. The van der Waals surface area contributed by atoms with E-state index in [9.17, 15) is 4.79 Å². The quantitative estimate of drug-likeness (QED) is 0.885. The van der Waals surface area contributed by atoms with Gasteiger partial charge in [-0.2, -0.15) is 0 Å². The Kier molecular flexibility index (Phi) is 4.46. The maximum Gasteiger partial charge on any atom is 0.220 e. The van der Waals surface area contributed by atoms with Gasteiger partial charge in [-0.1, -0.05) is 18.2 Å². The molecule has 0 saturated carbocycles. The number of para-hydroxylation sites is 1. The normalized spacial score (nSPS) is 18.0. The maximum atomic E-state index is 11.9. The molecular weight excluding hydrogens is 262 g/mol. The Morgan fingerprint density at radius 1 is 1.38 bits per heavy atom. The summed E-state index contributed by atoms with van der Waals surface area (Å²) in [5.74, 6) is 0.799. The van der Waals surface area contributed by atoms with Crippen molar-refractivity contribution >= 4 is 16.8 Å². The molecule has 2 aromatic rings. The van der Waals surface area contributed by atoms with Gasteiger partial charge in [0, 0.05) is 24.5 Å². The van der Waals surface area contributed by atoms with Crippen molar-refractivity contribution in [1.29, 1.82) is 0 Å². The molecule has 1 aromatic carbocycles. The number of carbonyl (C=O) groups is 1. The second kappa shape index (κ2) is 6.68. The van der Waals surface area contributed by atoms with E-state index < -0.39 is 0 Å². The third kappa shape index (κ3) is 3.79. The predicted octanol–water partition coefficient (Wildman–Crippen LogP) is 2.24. The monoisotopic (exact) mass is 283 g/mol. The minimum Gasteiger partial charge on any atom is -0.352 e. The van der Waals surface area contributed by atoms with Crippen LogP contribution in [-0.2, 0) is 11.3 Å². The van der Waals surface area contributed by atoms with E-state index in [1.165, 1.54) is 6.42 Å². The van der Waals surface area contributed by atoms with E-state index in [4.69, 9.17) is 0 Å². The van der Waals surface area contributed by atoms with Gasteiger partial charge in [-0.3, -0.25) is 9.78 Å². The van der Waals surface area contributed by atoms with E-state index in [0.717, 1.165) is 36.0 Å². The molecule has 1 aliphatic rings. The van der Waals surface area contributed by atoms with E-state index >= 15 is 0 Å². The molecule has 0 aliphatic carbocycles. The molecule has 0 bridgehead atoms. The molecule has 110 valence electrons. The minimum atomic E-state index is 0.134. The summed E-state index contributed by atoms with van der Waals surface area (Å²) in [5, 5.41) is 7.43. The zero-order valence-corrected chi connectivity index (χ0v) is 12.1. The van der Waals surface area contributed by atoms with E-state index in [0.29, 0.717) is 18.9 Å². The van der Waals surface area contributed by atoms with Gasteiger partial charge in [0.15, 0.2) is 0 Å². The summed E-state index contributed by atoms with van der Waals surface area (Å²) in [6.45, 7) is 2.70. The highest BCUT2D eigenvalue weighted by molar-refractivity contribution is 5.79. The van der Waals surface area contributed by atoms with E-state index in [1.807, 2.05) is 30.5 Å². The lowest BCUT2D eigenvalue weighted by Gasteiger charge is -2.09. The molecule has 1 fully saturated rings. The summed E-state index contributed by atoms with van der Waals surface area (Å²) in [6, 6.07) is 10.1. The number of benzene rings is 1. The molecule has 2 heterocycles. The van der Waals surface area contributed by atoms with E-state index in [2.05, 4.69) is 21.7 Å². The first kappa shape index (κ1) is 14.0. The Morgan fingerprint density at radius 2 is 2.29 bits per heavy atom. The zero-order valence-electron chi connectivity index (χ0n) is 12.1. The standard InChI is InChI=1S/C17H21N3O/c21-17(6-5-13-7-8-18-10-13)20-12-14-9-15-3-1-2-4-16(15)19-11-14/h1-4,9,11,13,18H,5-8,10,12H2,(H,20,21). The number of hydrogen-bond acceptors (Lipinski definition) is 3. The SMILES string of the molecule is O=C(CCC1CCNC1)NCc1cnc2ccccc2c1. The van der Waals surface area contributed by atoms with Crippen LogP contribution in [-0.4, -0.2) is 24.0 Å². The third-order valence-corrected chi connectivity index (χ3v) is 4.08. The van der Waals surface area contributed by atoms with E-state index in [-0.39, 0.29) is 5.91 Å². The molecule has 1 amide bonds. The largest absolute Gasteiger partial charge is 0.352 e. The Bertz CT molecular complexity index is 620. The van der Waals surface area contributed by atoms with Gasteiger partial charge >= 0.3 is 0 Å². The Labute approximate surface area is 125 Å². The number of fused-ring (bicyclic) bond motifs is 1. The molecule has 1 aromatic heterocycles. The van der Waals surface area contributed by atoms with Crippen LogP contribution < -0.4 is 10.6 Å². The van der Waals surface area contributed by atoms with Gasteiger partial charge < -0.3 is 10.6 Å². The average Bonchev–Trinajstić information content (AvgIpc) is 3.04. The Hall–Kier alpha value is -1.94. The summed E-state index contributed by atoms with van der Waals surface area (Å²) < 4.78 is 0. The number of nitrogens with one attached hydrogen (secondary N) is 2. The first-order valence-electron chi connectivity index (χ1n) is 7.62. The number of carbonyl (C=O) groups excluding carboxylic acids is 1. The second-order valence-corrected chi connectivity index (χ2v) is 5.71. The number of nitrogens with zero attached hydrogens (tertiary/aromatic N) is 1. The van der Waals surface area contributed by atoms with Crippen molar-refractivity contribution in [3.63, 3.8) is 0 Å². The van der Waals surface area contributed by atoms with Gasteiger partial charge in [0.2, 0.25) is 5.91 Å². The summed E-state index contributed by atoms with van der Waals surface area (Å²) in [5.41, 5.74) is 2.03. The van der Waals surface area contributed by atoms with Crippen molar-refractivity contribution < 1.29 is 4.79 Å². The highest BCUT2D eigenvalue weighted by atomic mass is 16.1. The number of rotatable bonds is 5. The molecular formula is C17H21N3O. The predicted molar refractivity (Wildman–Crippen MR) is 83.8 cm³/mol. The van der Waals surface area contributed by atoms with Crippen LogP contribution in [0.2, 0.25) is 0 Å². The number of amides is 1. The van der Waals surface area contributed by atoms with Crippen molar-refractivity contribution in [2.75, 3.05) is 13.1 Å². The molecule has 2 N–H and O–H groups in total. The van der Waals surface area contributed by atoms with Crippen LogP contribution in [0.25, 0.3) is 10.9 Å². The first-order valence-corrected chi connectivity index (χ1v) is 7.62. The molecule has 1 saturated heterocycles. The topological polar surface area (TPSA) is 54.0 Å². The molecule has 3 rings (SSSR count). The molecule has 1 unspecified atom stereocenters. The van der Waals surface area contributed by atoms with Crippen molar-refractivity contribution in [2.45, 2.75) is 25.8 Å². The van der Waals surface area contributed by atoms with Gasteiger partial charge in [0.1, 0.15) is 0 Å². The lowest BCUT2D eigenvalue weighted by molar-refractivity contribution is -0.121. The average molecular weight is 283 g/mol. The third-order valence-electron chi connectivity index (χ3n) is 4.08. The molecule has 0 spiro atoms. The lowest BCUT2D eigenvalue weighted by atomic mass is 10.0. The van der Waals surface area contributed by atoms with Crippen molar-refractivity contribution in [1.82, 2.24) is 15.6 Å². The van der Waals surface area contributed by atoms with Crippen molar-refractivity contribution in [2.24, 2.45) is 5.92 Å². The molecule has 1 atom stereocenters. The minimum absolute atomic E-state index is 0.134. The van der Waals surface area contributed by atoms with Crippen LogP contribution in [0, 0.1) is 5.92 Å². The molecule has 0 radical (unpaired) electrons. The van der Waals surface area contributed by atoms with Crippen LogP contribution in [0.5, 0.6) is 0 Å². The van der Waals surface area contributed by atoms with Crippen LogP contribution in [0.3, 0.4) is 0 Å². The summed E-state index contributed by atoms with van der Waals surface area (Å²) in [4.78, 5) is 16.3. The maximum absolute atomic E-state index is 11.9. The van der Waals surface area contributed by atoms with Crippen LogP contribution >= 0.6 is 0 Å². The van der Waals surface area contributed by atoms with Gasteiger partial charge in [-0.05, 0) is 49.5 Å². The number of aromatic nitrogens is 1. The van der Waals surface area contributed by atoms with Gasteiger partial charge in [0.05, 0.1) is 5.52 Å². The highest BCUT2D eigenvalue weighted by Crippen LogP contribution is 2.15.